The van der Waals surface area contributed by atoms with E-state index in [0.717, 1.165) is 11.4 Å². The van der Waals surface area contributed by atoms with Crippen LogP contribution >= 0.6 is 11.3 Å². The lowest BCUT2D eigenvalue weighted by Crippen LogP contribution is -2.46. The fourth-order valence-corrected chi connectivity index (χ4v) is 2.89. The second-order valence-corrected chi connectivity index (χ2v) is 5.43. The zero-order valence-corrected chi connectivity index (χ0v) is 11.3. The fourth-order valence-electron chi connectivity index (χ4n) is 2.20. The first-order valence-electron chi connectivity index (χ1n) is 6.23. The van der Waals surface area contributed by atoms with Crippen molar-refractivity contribution in [1.82, 2.24) is 14.5 Å². The van der Waals surface area contributed by atoms with Crippen LogP contribution < -0.4 is 0 Å². The Hall–Kier alpha value is -1.66. The van der Waals surface area contributed by atoms with Gasteiger partial charge in [0.25, 0.3) is 5.91 Å². The highest BCUT2D eigenvalue weighted by Crippen LogP contribution is 2.15. The first-order valence-corrected chi connectivity index (χ1v) is 7.11. The predicted molar refractivity (Wildman–Crippen MR) is 72.2 cm³/mol. The van der Waals surface area contributed by atoms with Gasteiger partial charge in [-0.25, -0.2) is 4.98 Å². The first kappa shape index (κ1) is 12.4. The van der Waals surface area contributed by atoms with Gasteiger partial charge in [0.1, 0.15) is 0 Å². The van der Waals surface area contributed by atoms with Crippen LogP contribution in [0.4, 0.5) is 0 Å². The van der Waals surface area contributed by atoms with E-state index < -0.39 is 0 Å². The summed E-state index contributed by atoms with van der Waals surface area (Å²) >= 11 is 1.48. The molecular formula is C13H15N3O2S. The summed E-state index contributed by atoms with van der Waals surface area (Å²) in [7, 11) is 0. The highest BCUT2D eigenvalue weighted by Gasteiger charge is 2.25. The molecule has 19 heavy (non-hydrogen) atoms. The molecule has 0 radical (unpaired) electrons. The zero-order chi connectivity index (χ0) is 13.1. The third-order valence-corrected chi connectivity index (χ3v) is 3.99. The summed E-state index contributed by atoms with van der Waals surface area (Å²) in [6, 6.07) is 3.77. The summed E-state index contributed by atoms with van der Waals surface area (Å²) in [4.78, 5) is 18.9. The third-order valence-electron chi connectivity index (χ3n) is 3.13. The Labute approximate surface area is 115 Å². The van der Waals surface area contributed by atoms with Crippen LogP contribution in [0.25, 0.3) is 0 Å². The lowest BCUT2D eigenvalue weighted by molar-refractivity contribution is -0.0284. The number of imidazole rings is 1. The maximum Gasteiger partial charge on any atom is 0.264 e. The quantitative estimate of drug-likeness (QED) is 0.854. The fraction of sp³-hybridized carbons (Fsp3) is 0.385. The summed E-state index contributed by atoms with van der Waals surface area (Å²) in [5.74, 6) is 0.105. The van der Waals surface area contributed by atoms with Crippen molar-refractivity contribution < 1.29 is 9.53 Å². The lowest BCUT2D eigenvalue weighted by atomic mass is 10.2. The third kappa shape index (κ3) is 2.85. The molecule has 100 valence electrons. The standard InChI is InChI=1S/C13H15N3O2S/c17-13(12-2-1-7-19-12)16-5-6-18-11(9-16)8-15-4-3-14-10-15/h1-4,7,10-11H,5-6,8-9H2/t11-/m1/s1. The highest BCUT2D eigenvalue weighted by molar-refractivity contribution is 7.12. The van der Waals surface area contributed by atoms with Gasteiger partial charge in [-0.3, -0.25) is 4.79 Å². The van der Waals surface area contributed by atoms with Crippen LogP contribution in [0.15, 0.2) is 36.2 Å². The van der Waals surface area contributed by atoms with E-state index >= 15 is 0 Å². The van der Waals surface area contributed by atoms with Crippen LogP contribution in [0.3, 0.4) is 0 Å². The largest absolute Gasteiger partial charge is 0.373 e. The van der Waals surface area contributed by atoms with Gasteiger partial charge < -0.3 is 14.2 Å². The smallest absolute Gasteiger partial charge is 0.264 e. The number of hydrogen-bond donors (Lipinski definition) is 0. The van der Waals surface area contributed by atoms with E-state index in [0.29, 0.717) is 19.7 Å². The Balaban J connectivity index is 1.63. The molecule has 1 fully saturated rings. The average molecular weight is 277 g/mol. The van der Waals surface area contributed by atoms with Gasteiger partial charge in [0.15, 0.2) is 0 Å². The number of carbonyl (C=O) groups excluding carboxylic acids is 1. The van der Waals surface area contributed by atoms with Crippen molar-refractivity contribution in [3.63, 3.8) is 0 Å². The van der Waals surface area contributed by atoms with E-state index in [9.17, 15) is 4.79 Å². The molecule has 2 aromatic heterocycles. The van der Waals surface area contributed by atoms with Crippen molar-refractivity contribution in [1.29, 1.82) is 0 Å². The summed E-state index contributed by atoms with van der Waals surface area (Å²) in [6.07, 6.45) is 5.45. The molecule has 0 aromatic carbocycles. The number of hydrogen-bond acceptors (Lipinski definition) is 4. The number of carbonyl (C=O) groups is 1. The Morgan fingerprint density at radius 1 is 1.58 bits per heavy atom. The van der Waals surface area contributed by atoms with Crippen molar-refractivity contribution in [2.45, 2.75) is 12.6 Å². The van der Waals surface area contributed by atoms with E-state index in [1.807, 2.05) is 33.2 Å². The second kappa shape index (κ2) is 5.54. The van der Waals surface area contributed by atoms with Crippen molar-refractivity contribution >= 4 is 17.2 Å². The molecule has 0 unspecified atom stereocenters. The van der Waals surface area contributed by atoms with Crippen molar-refractivity contribution in [3.8, 4) is 0 Å². The summed E-state index contributed by atoms with van der Waals surface area (Å²) in [5.41, 5.74) is 0. The molecule has 0 spiro atoms. The molecule has 6 heteroatoms. The van der Waals surface area contributed by atoms with Crippen LogP contribution in [-0.2, 0) is 11.3 Å². The molecule has 5 nitrogen and oxygen atoms in total. The highest BCUT2D eigenvalue weighted by atomic mass is 32.1. The topological polar surface area (TPSA) is 47.4 Å². The Kier molecular flexibility index (Phi) is 3.61. The van der Waals surface area contributed by atoms with Crippen LogP contribution in [0.1, 0.15) is 9.67 Å². The molecule has 0 aliphatic carbocycles. The molecule has 1 aliphatic rings. The Morgan fingerprint density at radius 2 is 2.53 bits per heavy atom. The van der Waals surface area contributed by atoms with Gasteiger partial charge in [-0.05, 0) is 11.4 Å². The summed E-state index contributed by atoms with van der Waals surface area (Å²) in [6.45, 7) is 2.62. The first-order chi connectivity index (χ1) is 9.33. The summed E-state index contributed by atoms with van der Waals surface area (Å²) < 4.78 is 7.69. The zero-order valence-electron chi connectivity index (χ0n) is 10.4. The van der Waals surface area contributed by atoms with Crippen LogP contribution in [0.2, 0.25) is 0 Å². The Morgan fingerprint density at radius 3 is 3.26 bits per heavy atom. The minimum absolute atomic E-state index is 0.0341. The number of morpholine rings is 1. The molecule has 1 amide bonds. The van der Waals surface area contributed by atoms with Gasteiger partial charge in [0, 0.05) is 25.5 Å². The lowest BCUT2D eigenvalue weighted by Gasteiger charge is -2.32. The maximum atomic E-state index is 12.3. The van der Waals surface area contributed by atoms with Gasteiger partial charge in [-0.15, -0.1) is 11.3 Å². The van der Waals surface area contributed by atoms with Gasteiger partial charge in [0.05, 0.1) is 30.5 Å². The maximum absolute atomic E-state index is 12.3. The van der Waals surface area contributed by atoms with Crippen LogP contribution in [0, 0.1) is 0 Å². The Bertz CT molecular complexity index is 524. The van der Waals surface area contributed by atoms with Gasteiger partial charge >= 0.3 is 0 Å². The van der Waals surface area contributed by atoms with Crippen molar-refractivity contribution in [2.75, 3.05) is 19.7 Å². The van der Waals surface area contributed by atoms with Crippen molar-refractivity contribution in [3.05, 3.63) is 41.1 Å². The van der Waals surface area contributed by atoms with E-state index in [1.165, 1.54) is 11.3 Å². The molecule has 2 aromatic rings. The molecule has 1 saturated heterocycles. The van der Waals surface area contributed by atoms with Gasteiger partial charge in [0.2, 0.25) is 0 Å². The molecule has 3 rings (SSSR count). The number of rotatable bonds is 3. The molecule has 1 aliphatic heterocycles. The van der Waals surface area contributed by atoms with E-state index in [-0.39, 0.29) is 12.0 Å². The summed E-state index contributed by atoms with van der Waals surface area (Å²) in [5, 5.41) is 1.93. The minimum Gasteiger partial charge on any atom is -0.373 e. The number of nitrogens with zero attached hydrogens (tertiary/aromatic N) is 3. The van der Waals surface area contributed by atoms with E-state index in [1.54, 1.807) is 12.5 Å². The second-order valence-electron chi connectivity index (χ2n) is 4.48. The SMILES string of the molecule is O=C(c1cccs1)N1CCO[C@H](Cn2ccnc2)C1. The predicted octanol–water partition coefficient (Wildman–Crippen LogP) is 1.49. The van der Waals surface area contributed by atoms with Crippen LogP contribution in [-0.4, -0.2) is 46.2 Å². The molecule has 0 saturated carbocycles. The monoisotopic (exact) mass is 277 g/mol. The van der Waals surface area contributed by atoms with Crippen molar-refractivity contribution in [2.24, 2.45) is 0 Å². The minimum atomic E-state index is 0.0341. The molecular weight excluding hydrogens is 262 g/mol. The molecule has 0 bridgehead atoms. The number of thiophene rings is 1. The normalized spacial score (nSPS) is 19.6. The molecule has 0 N–H and O–H groups in total. The molecule has 3 heterocycles. The molecule has 1 atom stereocenters. The van der Waals surface area contributed by atoms with E-state index in [4.69, 9.17) is 4.74 Å². The average Bonchev–Trinajstić information content (AvgIpc) is 3.11. The number of amides is 1. The van der Waals surface area contributed by atoms with Gasteiger partial charge in [-0.2, -0.15) is 0 Å². The van der Waals surface area contributed by atoms with Crippen LogP contribution in [0.5, 0.6) is 0 Å². The van der Waals surface area contributed by atoms with Gasteiger partial charge in [-0.1, -0.05) is 6.07 Å². The number of aromatic nitrogens is 2. The van der Waals surface area contributed by atoms with E-state index in [2.05, 4.69) is 4.98 Å². The number of ether oxygens (including phenoxy) is 1.